The van der Waals surface area contributed by atoms with Gasteiger partial charge in [-0.2, -0.15) is 0 Å². The number of rotatable bonds is 4. The van der Waals surface area contributed by atoms with Crippen LogP contribution in [0.2, 0.25) is 0 Å². The second-order valence-electron chi connectivity index (χ2n) is 5.80. The summed E-state index contributed by atoms with van der Waals surface area (Å²) in [5, 5.41) is 12.3. The largest absolute Gasteiger partial charge is 0.480 e. The Morgan fingerprint density at radius 2 is 2.30 bits per heavy atom. The number of pyridine rings is 1. The van der Waals surface area contributed by atoms with E-state index >= 15 is 0 Å². The molecule has 2 N–H and O–H groups in total. The average Bonchev–Trinajstić information content (AvgIpc) is 2.78. The molecule has 1 atom stereocenters. The molecule has 1 aromatic rings. The Morgan fingerprint density at radius 3 is 2.85 bits per heavy atom. The molecular formula is C14H17BrN2O3. The molecule has 1 saturated carbocycles. The zero-order valence-corrected chi connectivity index (χ0v) is 12.6. The van der Waals surface area contributed by atoms with Crippen LogP contribution in [0.15, 0.2) is 22.9 Å². The Hall–Kier alpha value is -0.980. The Morgan fingerprint density at radius 1 is 1.50 bits per heavy atom. The minimum absolute atomic E-state index is 0.258. The predicted octanol–water partition coefficient (Wildman–Crippen LogP) is 1.91. The van der Waals surface area contributed by atoms with Gasteiger partial charge >= 0.3 is 5.97 Å². The van der Waals surface area contributed by atoms with E-state index in [1.165, 1.54) is 0 Å². The van der Waals surface area contributed by atoms with Crippen LogP contribution in [0, 0.1) is 5.41 Å². The summed E-state index contributed by atoms with van der Waals surface area (Å²) >= 11 is 3.47. The van der Waals surface area contributed by atoms with Crippen molar-refractivity contribution >= 4 is 21.9 Å². The molecule has 20 heavy (non-hydrogen) atoms. The maximum absolute atomic E-state index is 10.9. The second-order valence-corrected chi connectivity index (χ2v) is 6.55. The van der Waals surface area contributed by atoms with Crippen molar-refractivity contribution < 1.29 is 14.6 Å². The van der Waals surface area contributed by atoms with E-state index in [0.29, 0.717) is 0 Å². The summed E-state index contributed by atoms with van der Waals surface area (Å²) in [4.78, 5) is 15.2. The molecule has 1 saturated heterocycles. The number of aromatic nitrogens is 1. The lowest BCUT2D eigenvalue weighted by atomic mass is 9.78. The molecule has 1 unspecified atom stereocenters. The third-order valence-corrected chi connectivity index (χ3v) is 5.07. The maximum atomic E-state index is 10.9. The van der Waals surface area contributed by atoms with Crippen LogP contribution in [0.4, 0.5) is 0 Å². The fourth-order valence-electron chi connectivity index (χ4n) is 3.39. The summed E-state index contributed by atoms with van der Waals surface area (Å²) in [5.41, 5.74) is 0.687. The normalized spacial score (nSPS) is 27.4. The van der Waals surface area contributed by atoms with Crippen LogP contribution >= 0.6 is 15.9 Å². The molecule has 0 amide bonds. The Labute approximate surface area is 125 Å². The van der Waals surface area contributed by atoms with Crippen molar-refractivity contribution in [1.82, 2.24) is 10.3 Å². The van der Waals surface area contributed by atoms with Crippen molar-refractivity contribution in [3.63, 3.8) is 0 Å². The fraction of sp³-hybridized carbons (Fsp3) is 0.571. The first kappa shape index (κ1) is 14.0. The molecule has 0 aromatic carbocycles. The molecule has 2 aliphatic rings. The minimum atomic E-state index is -0.933. The predicted molar refractivity (Wildman–Crippen MR) is 76.4 cm³/mol. The van der Waals surface area contributed by atoms with Crippen molar-refractivity contribution in [3.8, 4) is 0 Å². The summed E-state index contributed by atoms with van der Waals surface area (Å²) in [6, 6.07) is 3.85. The number of carboxylic acid groups (broad SMARTS) is 1. The molecule has 5 nitrogen and oxygen atoms in total. The van der Waals surface area contributed by atoms with Gasteiger partial charge in [0.1, 0.15) is 11.2 Å². The van der Waals surface area contributed by atoms with E-state index in [2.05, 4.69) is 26.2 Å². The van der Waals surface area contributed by atoms with E-state index in [0.717, 1.165) is 42.5 Å². The van der Waals surface area contributed by atoms with Gasteiger partial charge in [-0.25, -0.2) is 9.78 Å². The molecule has 1 spiro atoms. The highest BCUT2D eigenvalue weighted by Gasteiger charge is 2.53. The Bertz CT molecular complexity index is 533. The van der Waals surface area contributed by atoms with Gasteiger partial charge in [0.15, 0.2) is 0 Å². The van der Waals surface area contributed by atoms with Crippen molar-refractivity contribution in [2.45, 2.75) is 24.9 Å². The number of aliphatic carboxylic acids is 1. The molecule has 1 aliphatic carbocycles. The van der Waals surface area contributed by atoms with E-state index in [4.69, 9.17) is 9.84 Å². The first-order valence-electron chi connectivity index (χ1n) is 6.73. The van der Waals surface area contributed by atoms with E-state index in [-0.39, 0.29) is 12.0 Å². The van der Waals surface area contributed by atoms with Gasteiger partial charge in [-0.05, 0) is 46.7 Å². The lowest BCUT2D eigenvalue weighted by Crippen LogP contribution is -2.52. The van der Waals surface area contributed by atoms with Crippen LogP contribution in [0.25, 0.3) is 0 Å². The zero-order valence-electron chi connectivity index (χ0n) is 11.1. The van der Waals surface area contributed by atoms with Gasteiger partial charge in [-0.1, -0.05) is 6.07 Å². The van der Waals surface area contributed by atoms with Crippen LogP contribution in [-0.4, -0.2) is 35.8 Å². The van der Waals surface area contributed by atoms with Gasteiger partial charge in [-0.3, -0.25) is 0 Å². The summed E-state index contributed by atoms with van der Waals surface area (Å²) < 4.78 is 6.60. The highest BCUT2D eigenvalue weighted by atomic mass is 79.9. The fourth-order valence-corrected chi connectivity index (χ4v) is 4.00. The average molecular weight is 341 g/mol. The van der Waals surface area contributed by atoms with E-state index < -0.39 is 11.6 Å². The van der Waals surface area contributed by atoms with Crippen molar-refractivity contribution in [1.29, 1.82) is 0 Å². The van der Waals surface area contributed by atoms with Gasteiger partial charge in [0, 0.05) is 24.8 Å². The summed E-state index contributed by atoms with van der Waals surface area (Å²) in [6.07, 6.45) is 4.46. The SMILES string of the molecule is O=C(O)COC1(c2cccnc2Br)CCC2(CNC2)C1. The first-order valence-corrected chi connectivity index (χ1v) is 7.52. The third kappa shape index (κ3) is 2.36. The van der Waals surface area contributed by atoms with Gasteiger partial charge < -0.3 is 15.2 Å². The first-order chi connectivity index (χ1) is 9.55. The molecule has 1 aliphatic heterocycles. The van der Waals surface area contributed by atoms with Crippen molar-refractivity contribution in [2.24, 2.45) is 5.41 Å². The number of ether oxygens (including phenoxy) is 1. The smallest absolute Gasteiger partial charge is 0.329 e. The van der Waals surface area contributed by atoms with Crippen LogP contribution in [0.3, 0.4) is 0 Å². The highest BCUT2D eigenvalue weighted by molar-refractivity contribution is 9.10. The number of carbonyl (C=O) groups is 1. The van der Waals surface area contributed by atoms with Gasteiger partial charge in [0.05, 0.1) is 5.60 Å². The van der Waals surface area contributed by atoms with E-state index in [1.54, 1.807) is 6.20 Å². The number of carboxylic acids is 1. The molecule has 0 bridgehead atoms. The van der Waals surface area contributed by atoms with Crippen LogP contribution in [0.1, 0.15) is 24.8 Å². The molecule has 0 radical (unpaired) electrons. The van der Waals surface area contributed by atoms with Gasteiger partial charge in [0.2, 0.25) is 0 Å². The van der Waals surface area contributed by atoms with Crippen LogP contribution in [-0.2, 0) is 15.1 Å². The summed E-state index contributed by atoms with van der Waals surface area (Å²) in [5.74, 6) is -0.933. The molecule has 6 heteroatoms. The van der Waals surface area contributed by atoms with E-state index in [1.807, 2.05) is 12.1 Å². The quantitative estimate of drug-likeness (QED) is 0.819. The molecule has 2 fully saturated rings. The van der Waals surface area contributed by atoms with Crippen LogP contribution in [0.5, 0.6) is 0 Å². The molecule has 108 valence electrons. The Balaban J connectivity index is 1.92. The summed E-state index contributed by atoms with van der Waals surface area (Å²) in [6.45, 7) is 1.71. The zero-order chi connectivity index (χ0) is 14.2. The summed E-state index contributed by atoms with van der Waals surface area (Å²) in [7, 11) is 0. The molecular weight excluding hydrogens is 324 g/mol. The maximum Gasteiger partial charge on any atom is 0.329 e. The van der Waals surface area contributed by atoms with Crippen molar-refractivity contribution in [2.75, 3.05) is 19.7 Å². The number of hydrogen-bond acceptors (Lipinski definition) is 4. The van der Waals surface area contributed by atoms with Crippen LogP contribution < -0.4 is 5.32 Å². The third-order valence-electron chi connectivity index (χ3n) is 4.44. The topological polar surface area (TPSA) is 71.5 Å². The van der Waals surface area contributed by atoms with Crippen molar-refractivity contribution in [3.05, 3.63) is 28.5 Å². The highest BCUT2D eigenvalue weighted by Crippen LogP contribution is 2.54. The number of nitrogens with zero attached hydrogens (tertiary/aromatic N) is 1. The van der Waals surface area contributed by atoms with Gasteiger partial charge in [0.25, 0.3) is 0 Å². The number of halogens is 1. The monoisotopic (exact) mass is 340 g/mol. The van der Waals surface area contributed by atoms with Gasteiger partial charge in [-0.15, -0.1) is 0 Å². The number of nitrogens with one attached hydrogen (secondary N) is 1. The standard InChI is InChI=1S/C14H17BrN2O3/c15-12-10(2-1-5-17-12)14(20-6-11(18)19)4-3-13(7-14)8-16-9-13/h1-2,5,16H,3-4,6-9H2,(H,18,19). The molecule has 2 heterocycles. The molecule has 3 rings (SSSR count). The lowest BCUT2D eigenvalue weighted by molar-refractivity contribution is -0.151. The second kappa shape index (κ2) is 5.09. The number of hydrogen-bond donors (Lipinski definition) is 2. The molecule has 1 aromatic heterocycles. The lowest BCUT2D eigenvalue weighted by Gasteiger charge is -2.41. The Kier molecular flexibility index (Phi) is 3.56. The minimum Gasteiger partial charge on any atom is -0.480 e. The van der Waals surface area contributed by atoms with E-state index in [9.17, 15) is 4.79 Å².